The van der Waals surface area contributed by atoms with Crippen molar-refractivity contribution in [2.75, 3.05) is 19.8 Å². The highest BCUT2D eigenvalue weighted by Crippen LogP contribution is 2.76. The van der Waals surface area contributed by atoms with Crippen LogP contribution in [0.25, 0.3) is 0 Å². The van der Waals surface area contributed by atoms with E-state index in [1.165, 1.54) is 68.1 Å². The lowest BCUT2D eigenvalue weighted by Gasteiger charge is -2.72. The van der Waals surface area contributed by atoms with E-state index in [2.05, 4.69) is 65.6 Å². The van der Waals surface area contributed by atoms with Crippen LogP contribution < -0.4 is 5.32 Å². The molecule has 246 valence electrons. The van der Waals surface area contributed by atoms with Gasteiger partial charge < -0.3 is 15.5 Å². The Kier molecular flexibility index (Phi) is 7.97. The molecule has 0 spiro atoms. The van der Waals surface area contributed by atoms with Crippen LogP contribution in [-0.2, 0) is 4.79 Å². The molecule has 5 heteroatoms. The van der Waals surface area contributed by atoms with E-state index in [-0.39, 0.29) is 33.8 Å². The van der Waals surface area contributed by atoms with Crippen molar-refractivity contribution in [1.82, 2.24) is 5.32 Å². The van der Waals surface area contributed by atoms with Crippen LogP contribution >= 0.6 is 0 Å². The SMILES string of the molecule is C=C(C)[C@@H]1CC[C@]2(NCCO)CC[C@]3(C)[C@H](CC[C@@H]4[C@@]5(C)CC=C(C6=CCC(CF)(C(=O)O)CC6)C(C)(C)[C@@H]5CC[C@]43C)[C@@H]12. The molecule has 0 aliphatic heterocycles. The minimum atomic E-state index is -1.24. The summed E-state index contributed by atoms with van der Waals surface area (Å²) >= 11 is 0. The number of carboxylic acids is 1. The lowest BCUT2D eigenvalue weighted by atomic mass is 9.33. The highest BCUT2D eigenvalue weighted by molar-refractivity contribution is 5.75. The average molecular weight is 610 g/mol. The number of aliphatic hydroxyl groups is 1. The number of aliphatic carboxylic acids is 1. The number of hydrogen-bond acceptors (Lipinski definition) is 3. The molecule has 4 fully saturated rings. The molecule has 44 heavy (non-hydrogen) atoms. The predicted molar refractivity (Wildman–Crippen MR) is 176 cm³/mol. The third-order valence-electron chi connectivity index (χ3n) is 15.9. The summed E-state index contributed by atoms with van der Waals surface area (Å²) in [5.41, 5.74) is 3.72. The third-order valence-corrected chi connectivity index (χ3v) is 15.9. The molecule has 0 aromatic carbocycles. The van der Waals surface area contributed by atoms with Gasteiger partial charge >= 0.3 is 5.97 Å². The third kappa shape index (κ3) is 4.29. The van der Waals surface area contributed by atoms with E-state index in [0.717, 1.165) is 6.42 Å². The van der Waals surface area contributed by atoms with Crippen LogP contribution in [0.1, 0.15) is 119 Å². The zero-order valence-electron chi connectivity index (χ0n) is 28.5. The van der Waals surface area contributed by atoms with Crippen molar-refractivity contribution in [3.05, 3.63) is 35.5 Å². The van der Waals surface area contributed by atoms with Crippen LogP contribution in [0, 0.1) is 56.7 Å². The maximum absolute atomic E-state index is 13.9. The van der Waals surface area contributed by atoms with Crippen molar-refractivity contribution in [2.24, 2.45) is 56.7 Å². The fourth-order valence-electron chi connectivity index (χ4n) is 13.4. The van der Waals surface area contributed by atoms with Gasteiger partial charge in [0, 0.05) is 12.1 Å². The molecular formula is C39H60FNO3. The second kappa shape index (κ2) is 10.8. The van der Waals surface area contributed by atoms with E-state index in [1.54, 1.807) is 0 Å². The van der Waals surface area contributed by atoms with Gasteiger partial charge in [-0.25, -0.2) is 4.39 Å². The zero-order chi connectivity index (χ0) is 31.9. The minimum Gasteiger partial charge on any atom is -0.481 e. The van der Waals surface area contributed by atoms with Crippen molar-refractivity contribution in [3.63, 3.8) is 0 Å². The van der Waals surface area contributed by atoms with Gasteiger partial charge in [-0.15, -0.1) is 0 Å². The van der Waals surface area contributed by atoms with Gasteiger partial charge in [0.2, 0.25) is 0 Å². The molecule has 6 rings (SSSR count). The Morgan fingerprint density at radius 1 is 0.955 bits per heavy atom. The van der Waals surface area contributed by atoms with E-state index in [0.29, 0.717) is 55.4 Å². The van der Waals surface area contributed by atoms with Gasteiger partial charge in [-0.1, -0.05) is 58.9 Å². The van der Waals surface area contributed by atoms with Gasteiger partial charge in [0.1, 0.15) is 6.67 Å². The molecule has 6 aliphatic rings. The van der Waals surface area contributed by atoms with Crippen molar-refractivity contribution >= 4 is 5.97 Å². The molecule has 4 saturated carbocycles. The molecule has 10 atom stereocenters. The largest absolute Gasteiger partial charge is 0.481 e. The monoisotopic (exact) mass is 609 g/mol. The molecule has 0 radical (unpaired) electrons. The molecule has 0 amide bonds. The van der Waals surface area contributed by atoms with Crippen LogP contribution in [0.2, 0.25) is 0 Å². The Bertz CT molecular complexity index is 1250. The summed E-state index contributed by atoms with van der Waals surface area (Å²) in [5.74, 6) is 2.09. The van der Waals surface area contributed by atoms with Crippen molar-refractivity contribution in [1.29, 1.82) is 0 Å². The molecular weight excluding hydrogens is 549 g/mol. The normalized spacial score (nSPS) is 47.8. The van der Waals surface area contributed by atoms with Gasteiger partial charge in [0.05, 0.1) is 12.0 Å². The van der Waals surface area contributed by atoms with Crippen molar-refractivity contribution < 1.29 is 19.4 Å². The maximum atomic E-state index is 13.9. The van der Waals surface area contributed by atoms with E-state index >= 15 is 0 Å². The first-order chi connectivity index (χ1) is 20.7. The van der Waals surface area contributed by atoms with Crippen LogP contribution in [0.5, 0.6) is 0 Å². The maximum Gasteiger partial charge on any atom is 0.312 e. The first-order valence-corrected chi connectivity index (χ1v) is 17.9. The molecule has 0 heterocycles. The number of rotatable bonds is 7. The van der Waals surface area contributed by atoms with E-state index < -0.39 is 18.1 Å². The summed E-state index contributed by atoms with van der Waals surface area (Å²) in [6.07, 6.45) is 17.0. The van der Waals surface area contributed by atoms with Gasteiger partial charge in [-0.2, -0.15) is 0 Å². The van der Waals surface area contributed by atoms with Gasteiger partial charge in [-0.3, -0.25) is 4.79 Å². The Morgan fingerprint density at radius 2 is 1.70 bits per heavy atom. The summed E-state index contributed by atoms with van der Waals surface area (Å²) in [5, 5.41) is 23.5. The minimum absolute atomic E-state index is 0.00326. The number of alkyl halides is 1. The first kappa shape index (κ1) is 32.5. The van der Waals surface area contributed by atoms with Crippen LogP contribution in [-0.4, -0.2) is 41.5 Å². The topological polar surface area (TPSA) is 69.6 Å². The van der Waals surface area contributed by atoms with Crippen molar-refractivity contribution in [3.8, 4) is 0 Å². The zero-order valence-corrected chi connectivity index (χ0v) is 28.5. The number of β-amino-alcohol motifs (C(OH)–C–C–N with tert-alkyl or cyclic N) is 1. The van der Waals surface area contributed by atoms with Gasteiger partial charge in [0.25, 0.3) is 0 Å². The number of aliphatic hydroxyl groups excluding tert-OH is 1. The van der Waals surface area contributed by atoms with Gasteiger partial charge in [0.15, 0.2) is 0 Å². The second-order valence-electron chi connectivity index (χ2n) is 17.7. The number of halogens is 1. The molecule has 6 aliphatic carbocycles. The standard InChI is InChI=1S/C39H60FNO3/c1-25(2)27-12-19-39(41-22-23-42)21-20-36(6)29(32(27)39)8-9-31-35(5)15-13-28(34(3,4)30(35)14-16-37(31,36)7)26-10-17-38(24-40,18-11-26)33(43)44/h10,13,27,29-32,41-42H,1,8-9,11-12,14-24H2,2-7H3,(H,43,44)/t27-,29+,30-,31+,32+,35-,36+,37+,38?,39-/m0/s1. The number of nitrogens with one attached hydrogen (secondary N) is 1. The van der Waals surface area contributed by atoms with E-state index in [4.69, 9.17) is 0 Å². The summed E-state index contributed by atoms with van der Waals surface area (Å²) in [6.45, 7) is 19.7. The Labute approximate surface area is 266 Å². The Morgan fingerprint density at radius 3 is 2.32 bits per heavy atom. The lowest BCUT2D eigenvalue weighted by Crippen LogP contribution is -2.68. The molecule has 0 bridgehead atoms. The highest BCUT2D eigenvalue weighted by atomic mass is 19.1. The number of carboxylic acid groups (broad SMARTS) is 1. The van der Waals surface area contributed by atoms with E-state index in [9.17, 15) is 19.4 Å². The number of fused-ring (bicyclic) bond motifs is 7. The van der Waals surface area contributed by atoms with Crippen LogP contribution in [0.4, 0.5) is 4.39 Å². The fourth-order valence-corrected chi connectivity index (χ4v) is 13.4. The summed E-state index contributed by atoms with van der Waals surface area (Å²) in [4.78, 5) is 11.9. The second-order valence-corrected chi connectivity index (χ2v) is 17.7. The summed E-state index contributed by atoms with van der Waals surface area (Å²) in [7, 11) is 0. The van der Waals surface area contributed by atoms with Crippen LogP contribution in [0.3, 0.4) is 0 Å². The fraction of sp³-hybridized carbons (Fsp3) is 0.821. The number of allylic oxidation sites excluding steroid dienone is 5. The Balaban J connectivity index is 1.32. The van der Waals surface area contributed by atoms with E-state index in [1.807, 2.05) is 0 Å². The Hall–Kier alpha value is -1.46. The lowest BCUT2D eigenvalue weighted by molar-refractivity contribution is -0.221. The molecule has 0 aromatic rings. The molecule has 3 N–H and O–H groups in total. The number of hydrogen-bond donors (Lipinski definition) is 3. The van der Waals surface area contributed by atoms with Crippen LogP contribution in [0.15, 0.2) is 35.5 Å². The highest BCUT2D eigenvalue weighted by Gasteiger charge is 2.70. The smallest absolute Gasteiger partial charge is 0.312 e. The molecule has 0 aromatic heterocycles. The summed E-state index contributed by atoms with van der Waals surface area (Å²) in [6, 6.07) is 0. The molecule has 1 unspecified atom stereocenters. The van der Waals surface area contributed by atoms with Gasteiger partial charge in [-0.05, 0) is 146 Å². The first-order valence-electron chi connectivity index (χ1n) is 17.9. The number of carbonyl (C=O) groups is 1. The van der Waals surface area contributed by atoms with Crippen molar-refractivity contribution in [2.45, 2.75) is 124 Å². The quantitative estimate of drug-likeness (QED) is 0.253. The molecule has 4 nitrogen and oxygen atoms in total. The summed E-state index contributed by atoms with van der Waals surface area (Å²) < 4.78 is 13.9. The predicted octanol–water partition coefficient (Wildman–Crippen LogP) is 8.67. The average Bonchev–Trinajstić information content (AvgIpc) is 3.36. The molecule has 0 saturated heterocycles.